The Labute approximate surface area is 147 Å². The fraction of sp³-hybridized carbons (Fsp3) is 0.278. The molecule has 0 saturated heterocycles. The maximum atomic E-state index is 12.1. The first kappa shape index (κ1) is 19.0. The number of nitrogens with two attached hydrogens (primary N) is 1. The highest BCUT2D eigenvalue weighted by Gasteiger charge is 2.13. The van der Waals surface area contributed by atoms with E-state index in [1.807, 2.05) is 12.1 Å². The highest BCUT2D eigenvalue weighted by molar-refractivity contribution is 7.89. The van der Waals surface area contributed by atoms with Gasteiger partial charge in [0, 0.05) is 6.42 Å². The topological polar surface area (TPSA) is 109 Å². The van der Waals surface area contributed by atoms with E-state index in [9.17, 15) is 18.3 Å². The molecule has 0 spiro atoms. The summed E-state index contributed by atoms with van der Waals surface area (Å²) in [5.74, 6) is 0.115. The molecule has 2 rings (SSSR count). The molecule has 0 radical (unpaired) electrons. The third kappa shape index (κ3) is 5.88. The highest BCUT2D eigenvalue weighted by Crippen LogP contribution is 2.17. The van der Waals surface area contributed by atoms with E-state index in [1.165, 1.54) is 12.1 Å². The van der Waals surface area contributed by atoms with Crippen LogP contribution in [0.2, 0.25) is 0 Å². The van der Waals surface area contributed by atoms with E-state index in [-0.39, 0.29) is 22.6 Å². The fourth-order valence-electron chi connectivity index (χ4n) is 2.47. The van der Waals surface area contributed by atoms with Gasteiger partial charge in [0.1, 0.15) is 5.75 Å². The molecule has 7 heteroatoms. The summed E-state index contributed by atoms with van der Waals surface area (Å²) in [6.07, 6.45) is 1.78. The molecule has 2 aromatic carbocycles. The minimum Gasteiger partial charge on any atom is -0.508 e. The molecule has 1 atom stereocenters. The SMILES string of the molecule is C[C@H](NC(=O)CCCc1ccc(O)cc1)c1cccc(S(N)(=O)=O)c1. The molecule has 0 bridgehead atoms. The molecule has 0 saturated carbocycles. The Kier molecular flexibility index (Phi) is 6.17. The molecule has 4 N–H and O–H groups in total. The van der Waals surface area contributed by atoms with Crippen molar-refractivity contribution in [3.8, 4) is 5.75 Å². The zero-order valence-electron chi connectivity index (χ0n) is 14.0. The quantitative estimate of drug-likeness (QED) is 0.701. The van der Waals surface area contributed by atoms with Crippen molar-refractivity contribution in [2.45, 2.75) is 37.1 Å². The molecular weight excluding hydrogens is 340 g/mol. The lowest BCUT2D eigenvalue weighted by Crippen LogP contribution is -2.26. The second kappa shape index (κ2) is 8.13. The summed E-state index contributed by atoms with van der Waals surface area (Å²) in [7, 11) is -3.77. The Morgan fingerprint density at radius 2 is 1.88 bits per heavy atom. The lowest BCUT2D eigenvalue weighted by atomic mass is 10.1. The molecule has 2 aromatic rings. The molecule has 0 unspecified atom stereocenters. The molecule has 0 aliphatic carbocycles. The number of benzene rings is 2. The largest absolute Gasteiger partial charge is 0.508 e. The van der Waals surface area contributed by atoms with Crippen molar-refractivity contribution in [1.29, 1.82) is 0 Å². The van der Waals surface area contributed by atoms with Crippen LogP contribution in [0.5, 0.6) is 5.75 Å². The van der Waals surface area contributed by atoms with E-state index in [0.717, 1.165) is 12.0 Å². The van der Waals surface area contributed by atoms with Crippen LogP contribution in [0.25, 0.3) is 0 Å². The van der Waals surface area contributed by atoms with Crippen molar-refractivity contribution < 1.29 is 18.3 Å². The van der Waals surface area contributed by atoms with Crippen molar-refractivity contribution in [2.75, 3.05) is 0 Å². The normalized spacial score (nSPS) is 12.6. The number of phenols is 1. The first-order chi connectivity index (χ1) is 11.8. The van der Waals surface area contributed by atoms with Crippen LogP contribution in [-0.2, 0) is 21.2 Å². The van der Waals surface area contributed by atoms with Gasteiger partial charge in [0.2, 0.25) is 15.9 Å². The maximum Gasteiger partial charge on any atom is 0.238 e. The van der Waals surface area contributed by atoms with E-state index in [0.29, 0.717) is 18.4 Å². The van der Waals surface area contributed by atoms with Crippen LogP contribution in [-0.4, -0.2) is 19.4 Å². The summed E-state index contributed by atoms with van der Waals surface area (Å²) in [5, 5.41) is 17.2. The van der Waals surface area contributed by atoms with Crippen LogP contribution in [0.1, 0.15) is 36.9 Å². The fourth-order valence-corrected chi connectivity index (χ4v) is 3.04. The predicted octanol–water partition coefficient (Wildman–Crippen LogP) is 2.24. The predicted molar refractivity (Wildman–Crippen MR) is 95.4 cm³/mol. The molecule has 134 valence electrons. The Hall–Kier alpha value is -2.38. The van der Waals surface area contributed by atoms with Crippen LogP contribution in [0.15, 0.2) is 53.4 Å². The van der Waals surface area contributed by atoms with Gasteiger partial charge in [-0.1, -0.05) is 24.3 Å². The molecule has 0 fully saturated rings. The average Bonchev–Trinajstić information content (AvgIpc) is 2.56. The minimum absolute atomic E-state index is 0.0263. The molecule has 0 aliphatic rings. The first-order valence-corrected chi connectivity index (χ1v) is 9.50. The van der Waals surface area contributed by atoms with Crippen molar-refractivity contribution >= 4 is 15.9 Å². The lowest BCUT2D eigenvalue weighted by molar-refractivity contribution is -0.121. The van der Waals surface area contributed by atoms with Gasteiger partial charge < -0.3 is 10.4 Å². The van der Waals surface area contributed by atoms with E-state index < -0.39 is 10.0 Å². The zero-order chi connectivity index (χ0) is 18.4. The second-order valence-corrected chi connectivity index (χ2v) is 7.49. The van der Waals surface area contributed by atoms with Crippen molar-refractivity contribution in [2.24, 2.45) is 5.14 Å². The Bertz CT molecular complexity index is 832. The number of aryl methyl sites for hydroxylation is 1. The number of nitrogens with one attached hydrogen (secondary N) is 1. The number of hydrogen-bond acceptors (Lipinski definition) is 4. The summed E-state index contributed by atoms with van der Waals surface area (Å²) >= 11 is 0. The van der Waals surface area contributed by atoms with Crippen molar-refractivity contribution in [3.05, 3.63) is 59.7 Å². The summed E-state index contributed by atoms with van der Waals surface area (Å²) in [6, 6.07) is 12.8. The van der Waals surface area contributed by atoms with Crippen LogP contribution < -0.4 is 10.5 Å². The van der Waals surface area contributed by atoms with Gasteiger partial charge in [-0.05, 0) is 55.2 Å². The monoisotopic (exact) mass is 362 g/mol. The first-order valence-electron chi connectivity index (χ1n) is 7.96. The number of phenolic OH excluding ortho intramolecular Hbond substituents is 1. The van der Waals surface area contributed by atoms with Crippen molar-refractivity contribution in [1.82, 2.24) is 5.32 Å². The number of primary sulfonamides is 1. The van der Waals surface area contributed by atoms with Gasteiger partial charge in [-0.25, -0.2) is 13.6 Å². The molecule has 0 aliphatic heterocycles. The smallest absolute Gasteiger partial charge is 0.238 e. The molecule has 0 heterocycles. The Morgan fingerprint density at radius 1 is 1.20 bits per heavy atom. The van der Waals surface area contributed by atoms with Crippen LogP contribution >= 0.6 is 0 Å². The maximum absolute atomic E-state index is 12.1. The minimum atomic E-state index is -3.77. The number of carbonyl (C=O) groups excluding carboxylic acids is 1. The Balaban J connectivity index is 1.86. The van der Waals surface area contributed by atoms with Gasteiger partial charge in [0.15, 0.2) is 0 Å². The van der Waals surface area contributed by atoms with E-state index in [2.05, 4.69) is 5.32 Å². The molecule has 6 nitrogen and oxygen atoms in total. The van der Waals surface area contributed by atoms with Gasteiger partial charge >= 0.3 is 0 Å². The summed E-state index contributed by atoms with van der Waals surface area (Å²) in [5.41, 5.74) is 1.73. The number of aromatic hydroxyl groups is 1. The van der Waals surface area contributed by atoms with E-state index in [4.69, 9.17) is 5.14 Å². The van der Waals surface area contributed by atoms with Crippen LogP contribution in [0, 0.1) is 0 Å². The molecule has 0 aromatic heterocycles. The summed E-state index contributed by atoms with van der Waals surface area (Å²) < 4.78 is 22.8. The third-order valence-corrected chi connectivity index (χ3v) is 4.78. The lowest BCUT2D eigenvalue weighted by Gasteiger charge is -2.15. The van der Waals surface area contributed by atoms with Gasteiger partial charge in [-0.2, -0.15) is 0 Å². The van der Waals surface area contributed by atoms with Gasteiger partial charge in [0.25, 0.3) is 0 Å². The highest BCUT2D eigenvalue weighted by atomic mass is 32.2. The van der Waals surface area contributed by atoms with Crippen LogP contribution in [0.4, 0.5) is 0 Å². The number of rotatable bonds is 7. The Morgan fingerprint density at radius 3 is 2.52 bits per heavy atom. The molecule has 25 heavy (non-hydrogen) atoms. The summed E-state index contributed by atoms with van der Waals surface area (Å²) in [4.78, 5) is 12.1. The average molecular weight is 362 g/mol. The van der Waals surface area contributed by atoms with Gasteiger partial charge in [0.05, 0.1) is 10.9 Å². The summed E-state index contributed by atoms with van der Waals surface area (Å²) in [6.45, 7) is 1.79. The van der Waals surface area contributed by atoms with Gasteiger partial charge in [-0.15, -0.1) is 0 Å². The molecule has 1 amide bonds. The van der Waals surface area contributed by atoms with Crippen LogP contribution in [0.3, 0.4) is 0 Å². The van der Waals surface area contributed by atoms with Crippen molar-refractivity contribution in [3.63, 3.8) is 0 Å². The number of amides is 1. The van der Waals surface area contributed by atoms with Gasteiger partial charge in [-0.3, -0.25) is 4.79 Å². The number of sulfonamides is 1. The van der Waals surface area contributed by atoms with E-state index in [1.54, 1.807) is 31.2 Å². The second-order valence-electron chi connectivity index (χ2n) is 5.93. The van der Waals surface area contributed by atoms with E-state index >= 15 is 0 Å². The standard InChI is InChI=1S/C18H22N2O4S/c1-13(15-5-3-6-17(12-15)25(19,23)24)20-18(22)7-2-4-14-8-10-16(21)11-9-14/h3,5-6,8-13,21H,2,4,7H2,1H3,(H,20,22)(H2,19,23,24)/t13-/m0/s1. The zero-order valence-corrected chi connectivity index (χ0v) is 14.8. The molecular formula is C18H22N2O4S. The third-order valence-electron chi connectivity index (χ3n) is 3.87. The number of hydrogen-bond donors (Lipinski definition) is 3. The number of carbonyl (C=O) groups is 1.